The van der Waals surface area contributed by atoms with Gasteiger partial charge < -0.3 is 49.4 Å². The molecule has 0 atom stereocenters. The average Bonchev–Trinajstić information content (AvgIpc) is 3.07. The molecule has 8 bridgehead atoms. The molecule has 0 aliphatic carbocycles. The number of hydrogen-bond acceptors (Lipinski definition) is 12. The van der Waals surface area contributed by atoms with E-state index < -0.39 is 70.4 Å². The molecule has 52 heavy (non-hydrogen) atoms. The fourth-order valence-electron chi connectivity index (χ4n) is 7.58. The Kier molecular flexibility index (Phi) is 16.1. The summed E-state index contributed by atoms with van der Waals surface area (Å²) in [5, 5.41) is 0. The highest BCUT2D eigenvalue weighted by Crippen LogP contribution is 2.55. The summed E-state index contributed by atoms with van der Waals surface area (Å²) in [5.41, 5.74) is 0. The van der Waals surface area contributed by atoms with E-state index in [0.29, 0.717) is 48.4 Å². The van der Waals surface area contributed by atoms with Crippen molar-refractivity contribution in [2.45, 2.75) is 206 Å². The van der Waals surface area contributed by atoms with Crippen molar-refractivity contribution >= 4 is 70.4 Å². The smallest absolute Gasteiger partial charge is 0.373 e. The van der Waals surface area contributed by atoms with Crippen molar-refractivity contribution in [2.24, 2.45) is 0 Å². The molecule has 11 saturated heterocycles. The molecule has 11 aliphatic heterocycles. The van der Waals surface area contributed by atoms with E-state index in [1.807, 2.05) is 0 Å². The highest BCUT2D eigenvalue weighted by molar-refractivity contribution is 7.03. The summed E-state index contributed by atoms with van der Waals surface area (Å²) in [6, 6.07) is 5.68. The summed E-state index contributed by atoms with van der Waals surface area (Å²) in [5.74, 6) is 0. The predicted molar refractivity (Wildman–Crippen MR) is 217 cm³/mol. The van der Waals surface area contributed by atoms with Gasteiger partial charge in [-0.2, -0.15) is 0 Å². The summed E-state index contributed by atoms with van der Waals surface area (Å²) in [4.78, 5) is 0. The minimum Gasteiger partial charge on any atom is -0.373 e. The lowest BCUT2D eigenvalue weighted by Crippen LogP contribution is -2.88. The highest BCUT2D eigenvalue weighted by Gasteiger charge is 2.82. The molecule has 11 rings (SSSR count). The third-order valence-electron chi connectivity index (χ3n) is 10.4. The maximum atomic E-state index is 7.20. The zero-order valence-corrected chi connectivity index (χ0v) is 41.9. The van der Waals surface area contributed by atoms with Gasteiger partial charge in [-0.05, 0) is 51.4 Å². The van der Waals surface area contributed by atoms with Gasteiger partial charge in [0.2, 0.25) is 0 Å². The van der Waals surface area contributed by atoms with Crippen LogP contribution < -0.4 is 0 Å². The second-order valence-corrected chi connectivity index (χ2v) is 40.2. The fourth-order valence-corrected chi connectivity index (χ4v) is 55.3. The molecule has 0 saturated carbocycles. The Morgan fingerprint density at radius 3 is 0.365 bits per heavy atom. The van der Waals surface area contributed by atoms with Crippen molar-refractivity contribution in [3.63, 3.8) is 0 Å². The van der Waals surface area contributed by atoms with Gasteiger partial charge in [0.1, 0.15) is 0 Å². The van der Waals surface area contributed by atoms with Crippen molar-refractivity contribution in [3.8, 4) is 0 Å². The maximum absolute atomic E-state index is 7.20. The number of rotatable bonds is 24. The zero-order chi connectivity index (χ0) is 37.5. The molecule has 0 radical (unpaired) electrons. The molecule has 0 amide bonds. The second-order valence-electron chi connectivity index (χ2n) is 15.5. The van der Waals surface area contributed by atoms with Gasteiger partial charge in [0.05, 0.1) is 0 Å². The van der Waals surface area contributed by atoms with Crippen molar-refractivity contribution in [3.05, 3.63) is 0 Å². The van der Waals surface area contributed by atoms with Crippen molar-refractivity contribution < 1.29 is 49.4 Å². The molecule has 0 spiro atoms. The minimum atomic E-state index is -3.20. The van der Waals surface area contributed by atoms with E-state index in [1.54, 1.807) is 0 Å². The lowest BCUT2D eigenvalue weighted by molar-refractivity contribution is -0.0312. The molecular formula is C32H72O12Si8. The third kappa shape index (κ3) is 10.1. The zero-order valence-electron chi connectivity index (χ0n) is 33.9. The van der Waals surface area contributed by atoms with Crippen LogP contribution in [0.4, 0.5) is 0 Å². The molecule has 0 aromatic rings. The van der Waals surface area contributed by atoms with E-state index in [0.717, 1.165) is 103 Å². The molecule has 11 aliphatic rings. The Balaban J connectivity index is 1.58. The number of unbranched alkanes of at least 4 members (excludes halogenated alkanes) is 8. The van der Waals surface area contributed by atoms with Crippen molar-refractivity contribution in [2.75, 3.05) is 0 Å². The Morgan fingerprint density at radius 1 is 0.192 bits per heavy atom. The van der Waals surface area contributed by atoms with Crippen LogP contribution in [0.5, 0.6) is 0 Å². The molecule has 11 heterocycles. The summed E-state index contributed by atoms with van der Waals surface area (Å²) < 4.78 is 86.4. The van der Waals surface area contributed by atoms with Crippen LogP contribution in [0, 0.1) is 0 Å². The van der Waals surface area contributed by atoms with Gasteiger partial charge in [-0.3, -0.25) is 0 Å². The Bertz CT molecular complexity index is 863. The molecule has 0 aromatic carbocycles. The largest absolute Gasteiger partial charge is 0.478 e. The molecule has 0 N–H and O–H groups in total. The van der Waals surface area contributed by atoms with Crippen LogP contribution in [0.15, 0.2) is 0 Å². The molecule has 20 heteroatoms. The standard InChI is InChI=1S/C32H72O12Si8/c1-9-17-25-45-33-46(34-45,26-18-10-2)42-49(29-21-13-5)37-50(38-49,30-22-14-6)44-52(32-24-16-8)39-51(40-52,31-23-15-7)43-48(28-20-12-4)35-47(36-48,41-45)27-19-11-3/h9-32H2,1-8H3. The molecule has 12 nitrogen and oxygen atoms in total. The van der Waals surface area contributed by atoms with Crippen molar-refractivity contribution in [1.82, 2.24) is 0 Å². The topological polar surface area (TPSA) is 111 Å². The minimum absolute atomic E-state index is 0.711. The van der Waals surface area contributed by atoms with Crippen LogP contribution in [-0.4, -0.2) is 70.4 Å². The van der Waals surface area contributed by atoms with Gasteiger partial charge >= 0.3 is 70.4 Å². The number of hydrogen-bond donors (Lipinski definition) is 0. The van der Waals surface area contributed by atoms with E-state index in [9.17, 15) is 0 Å². The average molecular weight is 874 g/mol. The fraction of sp³-hybridized carbons (Fsp3) is 1.00. The van der Waals surface area contributed by atoms with Crippen LogP contribution in [0.25, 0.3) is 0 Å². The maximum Gasteiger partial charge on any atom is 0.478 e. The highest BCUT2D eigenvalue weighted by atomic mass is 28.6. The van der Waals surface area contributed by atoms with Crippen LogP contribution in [0.2, 0.25) is 48.4 Å². The Hall–Kier alpha value is 1.26. The molecule has 0 aromatic heterocycles. The van der Waals surface area contributed by atoms with Gasteiger partial charge in [0, 0.05) is 48.4 Å². The first kappa shape index (κ1) is 44.4. The van der Waals surface area contributed by atoms with Gasteiger partial charge in [0.15, 0.2) is 0 Å². The molecule has 304 valence electrons. The van der Waals surface area contributed by atoms with Gasteiger partial charge in [-0.1, -0.05) is 107 Å². The Labute approximate surface area is 324 Å². The first-order chi connectivity index (χ1) is 25.0. The predicted octanol–water partition coefficient (Wildman–Crippen LogP) is 10.2. The second kappa shape index (κ2) is 18.9. The van der Waals surface area contributed by atoms with Crippen LogP contribution in [0.3, 0.4) is 0 Å². The summed E-state index contributed by atoms with van der Waals surface area (Å²) in [7, 11) is -25.6. The summed E-state index contributed by atoms with van der Waals surface area (Å²) in [6.45, 7) is 17.6. The molecule has 0 unspecified atom stereocenters. The van der Waals surface area contributed by atoms with E-state index in [-0.39, 0.29) is 0 Å². The normalized spacial score (nSPS) is 41.1. The van der Waals surface area contributed by atoms with Crippen LogP contribution >= 0.6 is 0 Å². The Morgan fingerprint density at radius 2 is 0.288 bits per heavy atom. The monoisotopic (exact) mass is 872 g/mol. The summed E-state index contributed by atoms with van der Waals surface area (Å²) >= 11 is 0. The first-order valence-electron chi connectivity index (χ1n) is 21.4. The van der Waals surface area contributed by atoms with Gasteiger partial charge in [0.25, 0.3) is 0 Å². The SMILES string of the molecule is CCCC[Si]12O[Si](CCCC)(O1)O[Si]1(CCCC)O[Si](CCCC)(O1)O[Si]1(CCCC)O[Si](CCCC)(O1)O[Si]1(CCCC)O[Si](CCCC)(O1)O2. The quantitative estimate of drug-likeness (QED) is 0.0861. The van der Waals surface area contributed by atoms with Crippen LogP contribution in [-0.2, 0) is 49.4 Å². The lowest BCUT2D eigenvalue weighted by Gasteiger charge is -2.63. The van der Waals surface area contributed by atoms with Gasteiger partial charge in [-0.25, -0.2) is 0 Å². The summed E-state index contributed by atoms with van der Waals surface area (Å²) in [6.07, 6.45) is 15.5. The van der Waals surface area contributed by atoms with Crippen molar-refractivity contribution in [1.29, 1.82) is 0 Å². The first-order valence-corrected chi connectivity index (χ1v) is 36.8. The van der Waals surface area contributed by atoms with Crippen LogP contribution in [0.1, 0.15) is 158 Å². The molecule has 11 fully saturated rings. The van der Waals surface area contributed by atoms with E-state index in [1.165, 1.54) is 0 Å². The molecular weight excluding hydrogens is 801 g/mol. The lowest BCUT2D eigenvalue weighted by atomic mass is 10.4. The van der Waals surface area contributed by atoms with E-state index in [4.69, 9.17) is 49.4 Å². The van der Waals surface area contributed by atoms with E-state index >= 15 is 0 Å². The van der Waals surface area contributed by atoms with Gasteiger partial charge in [-0.15, -0.1) is 0 Å². The third-order valence-corrected chi connectivity index (χ3v) is 48.0. The van der Waals surface area contributed by atoms with E-state index in [2.05, 4.69) is 55.4 Å².